The van der Waals surface area contributed by atoms with Gasteiger partial charge >= 0.3 is 0 Å². The molecule has 0 aliphatic heterocycles. The number of hydrogen-bond acceptors (Lipinski definition) is 3. The van der Waals surface area contributed by atoms with E-state index in [1.165, 1.54) is 6.07 Å². The van der Waals surface area contributed by atoms with Crippen LogP contribution in [0.25, 0.3) is 0 Å². The summed E-state index contributed by atoms with van der Waals surface area (Å²) < 4.78 is 22.5. The zero-order valence-electron chi connectivity index (χ0n) is 8.21. The van der Waals surface area contributed by atoms with Crippen molar-refractivity contribution in [2.45, 2.75) is 19.6 Å². The highest BCUT2D eigenvalue weighted by atomic mass is 79.9. The Kier molecular flexibility index (Phi) is 3.68. The molecule has 0 saturated heterocycles. The number of aromatic hydroxyl groups is 1. The number of halogens is 2. The number of aryl methyl sites for hydroxylation is 1. The van der Waals surface area contributed by atoms with E-state index in [-0.39, 0.29) is 11.5 Å². The summed E-state index contributed by atoms with van der Waals surface area (Å²) in [7, 11) is 1.62. The van der Waals surface area contributed by atoms with Crippen LogP contribution in [0.1, 0.15) is 16.7 Å². The maximum Gasteiger partial charge on any atom is 0.236 e. The molecule has 0 aliphatic carbocycles. The van der Waals surface area contributed by atoms with Crippen LogP contribution in [0.15, 0.2) is 10.5 Å². The Bertz CT molecular complexity index is 497. The monoisotopic (exact) mass is 312 g/mol. The van der Waals surface area contributed by atoms with Gasteiger partial charge in [0.1, 0.15) is 5.75 Å². The number of phenolic OH excluding ortho intramolecular Hbond substituents is 1. The van der Waals surface area contributed by atoms with Crippen LogP contribution in [0.4, 0.5) is 0 Å². The lowest BCUT2D eigenvalue weighted by atomic mass is 10.0. The molecule has 0 heterocycles. The maximum atomic E-state index is 11.0. The molecule has 0 aromatic heterocycles. The van der Waals surface area contributed by atoms with Crippen molar-refractivity contribution in [3.63, 3.8) is 0 Å². The van der Waals surface area contributed by atoms with Crippen LogP contribution in [0.2, 0.25) is 0 Å². The Labute approximate surface area is 102 Å². The predicted molar refractivity (Wildman–Crippen MR) is 63.8 cm³/mol. The van der Waals surface area contributed by atoms with Crippen molar-refractivity contribution in [1.29, 1.82) is 0 Å². The highest BCUT2D eigenvalue weighted by Gasteiger charge is 2.16. The van der Waals surface area contributed by atoms with Crippen molar-refractivity contribution >= 4 is 35.7 Å². The third-order valence-corrected chi connectivity index (χ3v) is 4.11. The van der Waals surface area contributed by atoms with Crippen molar-refractivity contribution < 1.29 is 13.5 Å². The van der Waals surface area contributed by atoms with Crippen molar-refractivity contribution in [2.24, 2.45) is 0 Å². The van der Waals surface area contributed by atoms with Gasteiger partial charge in [-0.15, -0.1) is 0 Å². The summed E-state index contributed by atoms with van der Waals surface area (Å²) in [5.41, 5.74) is 2.02. The van der Waals surface area contributed by atoms with Crippen LogP contribution < -0.4 is 0 Å². The van der Waals surface area contributed by atoms with E-state index in [2.05, 4.69) is 15.9 Å². The van der Waals surface area contributed by atoms with Gasteiger partial charge < -0.3 is 5.11 Å². The second kappa shape index (κ2) is 4.31. The molecule has 0 aliphatic rings. The van der Waals surface area contributed by atoms with E-state index >= 15 is 0 Å². The lowest BCUT2D eigenvalue weighted by Crippen LogP contribution is -2.01. The first-order chi connectivity index (χ1) is 6.72. The van der Waals surface area contributed by atoms with Crippen molar-refractivity contribution in [3.8, 4) is 5.75 Å². The van der Waals surface area contributed by atoms with Crippen molar-refractivity contribution in [2.75, 3.05) is 0 Å². The Morgan fingerprint density at radius 1 is 1.47 bits per heavy atom. The molecule has 0 bridgehead atoms. The third kappa shape index (κ3) is 3.09. The first kappa shape index (κ1) is 12.8. The molecule has 3 nitrogen and oxygen atoms in total. The standard InChI is InChI=1S/C9H10BrClO3S/c1-5-3-8(12)9(10)6(2)7(5)4-15(11,13)14/h3,12H,4H2,1-2H3. The third-order valence-electron chi connectivity index (χ3n) is 2.15. The van der Waals surface area contributed by atoms with Gasteiger partial charge in [-0.05, 0) is 52.5 Å². The molecule has 84 valence electrons. The van der Waals surface area contributed by atoms with Crippen molar-refractivity contribution in [3.05, 3.63) is 27.2 Å². The van der Waals surface area contributed by atoms with E-state index in [4.69, 9.17) is 10.7 Å². The summed E-state index contributed by atoms with van der Waals surface area (Å²) in [6.45, 7) is 3.46. The molecule has 0 unspecified atom stereocenters. The number of phenols is 1. The van der Waals surface area contributed by atoms with E-state index in [9.17, 15) is 13.5 Å². The highest BCUT2D eigenvalue weighted by Crippen LogP contribution is 2.33. The van der Waals surface area contributed by atoms with Gasteiger partial charge in [-0.1, -0.05) is 0 Å². The van der Waals surface area contributed by atoms with Crippen LogP contribution in [0.3, 0.4) is 0 Å². The first-order valence-electron chi connectivity index (χ1n) is 4.12. The molecule has 1 aromatic carbocycles. The second-order valence-electron chi connectivity index (χ2n) is 3.31. The van der Waals surface area contributed by atoms with Gasteiger partial charge in [0.2, 0.25) is 9.05 Å². The Balaban J connectivity index is 3.37. The molecule has 0 amide bonds. The van der Waals surface area contributed by atoms with E-state index in [1.807, 2.05) is 0 Å². The average Bonchev–Trinajstić information content (AvgIpc) is 2.07. The molecule has 1 rings (SSSR count). The van der Waals surface area contributed by atoms with Crippen LogP contribution in [0, 0.1) is 13.8 Å². The predicted octanol–water partition coefficient (Wildman–Crippen LogP) is 2.84. The first-order valence-corrected chi connectivity index (χ1v) is 7.39. The summed E-state index contributed by atoms with van der Waals surface area (Å²) in [5, 5.41) is 9.47. The quantitative estimate of drug-likeness (QED) is 0.854. The van der Waals surface area contributed by atoms with E-state index in [0.717, 1.165) is 0 Å². The van der Waals surface area contributed by atoms with Gasteiger partial charge in [0.25, 0.3) is 0 Å². The summed E-state index contributed by atoms with van der Waals surface area (Å²) >= 11 is 3.18. The molecule has 0 radical (unpaired) electrons. The fourth-order valence-electron chi connectivity index (χ4n) is 1.37. The van der Waals surface area contributed by atoms with E-state index in [0.29, 0.717) is 21.2 Å². The van der Waals surface area contributed by atoms with Crippen LogP contribution >= 0.6 is 26.6 Å². The van der Waals surface area contributed by atoms with Gasteiger partial charge in [-0.3, -0.25) is 0 Å². The largest absolute Gasteiger partial charge is 0.507 e. The smallest absolute Gasteiger partial charge is 0.236 e. The summed E-state index contributed by atoms with van der Waals surface area (Å²) in [4.78, 5) is 0. The van der Waals surface area contributed by atoms with E-state index < -0.39 is 9.05 Å². The van der Waals surface area contributed by atoms with Crippen LogP contribution in [-0.2, 0) is 14.8 Å². The second-order valence-corrected chi connectivity index (χ2v) is 6.88. The molecule has 0 fully saturated rings. The summed E-state index contributed by atoms with van der Waals surface area (Å²) in [6, 6.07) is 1.51. The fraction of sp³-hybridized carbons (Fsp3) is 0.333. The molecule has 6 heteroatoms. The molecule has 15 heavy (non-hydrogen) atoms. The van der Waals surface area contributed by atoms with E-state index in [1.54, 1.807) is 13.8 Å². The number of hydrogen-bond donors (Lipinski definition) is 1. The minimum atomic E-state index is -3.58. The molecular formula is C9H10BrClO3S. The molecule has 0 saturated carbocycles. The lowest BCUT2D eigenvalue weighted by molar-refractivity contribution is 0.470. The van der Waals surface area contributed by atoms with Gasteiger partial charge in [0, 0.05) is 10.7 Å². The summed E-state index contributed by atoms with van der Waals surface area (Å²) in [5.74, 6) is -0.133. The molecule has 1 aromatic rings. The Hall–Kier alpha value is -0.260. The lowest BCUT2D eigenvalue weighted by Gasteiger charge is -2.11. The van der Waals surface area contributed by atoms with Gasteiger partial charge in [0.15, 0.2) is 0 Å². The molecule has 0 atom stereocenters. The summed E-state index contributed by atoms with van der Waals surface area (Å²) in [6.07, 6.45) is 0. The minimum absolute atomic E-state index is 0.0979. The topological polar surface area (TPSA) is 54.4 Å². The highest BCUT2D eigenvalue weighted by molar-refractivity contribution is 9.10. The SMILES string of the molecule is Cc1cc(O)c(Br)c(C)c1CS(=O)(=O)Cl. The van der Waals surface area contributed by atoms with Crippen LogP contribution in [0.5, 0.6) is 5.75 Å². The Morgan fingerprint density at radius 3 is 2.47 bits per heavy atom. The maximum absolute atomic E-state index is 11.0. The van der Waals surface area contributed by atoms with Crippen LogP contribution in [-0.4, -0.2) is 13.5 Å². The molecule has 0 spiro atoms. The normalized spacial score (nSPS) is 11.7. The van der Waals surface area contributed by atoms with Gasteiger partial charge in [-0.2, -0.15) is 0 Å². The zero-order chi connectivity index (χ0) is 11.8. The molecule has 1 N–H and O–H groups in total. The average molecular weight is 314 g/mol. The number of benzene rings is 1. The minimum Gasteiger partial charge on any atom is -0.507 e. The zero-order valence-corrected chi connectivity index (χ0v) is 11.4. The van der Waals surface area contributed by atoms with Crippen molar-refractivity contribution in [1.82, 2.24) is 0 Å². The fourth-order valence-corrected chi connectivity index (χ4v) is 2.84. The number of rotatable bonds is 2. The Morgan fingerprint density at radius 2 is 2.00 bits per heavy atom. The molecular weight excluding hydrogens is 304 g/mol. The van der Waals surface area contributed by atoms with Gasteiger partial charge in [-0.25, -0.2) is 8.42 Å². The van der Waals surface area contributed by atoms with Gasteiger partial charge in [0.05, 0.1) is 10.2 Å².